The largest absolute Gasteiger partial charge is 0.355 e. The summed E-state index contributed by atoms with van der Waals surface area (Å²) >= 11 is 0. The van der Waals surface area contributed by atoms with Gasteiger partial charge in [-0.3, -0.25) is 4.79 Å². The quantitative estimate of drug-likeness (QED) is 0.696. The van der Waals surface area contributed by atoms with Crippen LogP contribution in [0, 0.1) is 11.8 Å². The Bertz CT molecular complexity index is 299. The zero-order valence-electron chi connectivity index (χ0n) is 11.2. The molecule has 0 aromatic rings. The minimum absolute atomic E-state index is 0.167. The molecule has 3 aliphatic rings. The number of hydrogen-bond acceptors (Lipinski definition) is 3. The van der Waals surface area contributed by atoms with Gasteiger partial charge < -0.3 is 15.5 Å². The maximum atomic E-state index is 11.6. The van der Waals surface area contributed by atoms with E-state index in [-0.39, 0.29) is 5.91 Å². The van der Waals surface area contributed by atoms with Crippen molar-refractivity contribution in [1.82, 2.24) is 15.5 Å². The van der Waals surface area contributed by atoms with E-state index < -0.39 is 0 Å². The Labute approximate surface area is 109 Å². The van der Waals surface area contributed by atoms with E-state index >= 15 is 0 Å². The number of nitrogens with zero attached hydrogens (tertiary/aromatic N) is 1. The summed E-state index contributed by atoms with van der Waals surface area (Å²) in [5, 5.41) is 6.31. The molecule has 1 saturated heterocycles. The Morgan fingerprint density at radius 1 is 1.06 bits per heavy atom. The molecule has 1 aliphatic heterocycles. The van der Waals surface area contributed by atoms with Crippen LogP contribution in [0.15, 0.2) is 0 Å². The summed E-state index contributed by atoms with van der Waals surface area (Å²) in [6.45, 7) is 4.82. The first-order valence-electron chi connectivity index (χ1n) is 7.52. The molecule has 0 radical (unpaired) electrons. The molecular weight excluding hydrogens is 226 g/mol. The molecule has 2 aliphatic carbocycles. The molecule has 1 unspecified atom stereocenters. The predicted octanol–water partition coefficient (Wildman–Crippen LogP) is 0.587. The van der Waals surface area contributed by atoms with Crippen LogP contribution in [-0.2, 0) is 4.79 Å². The van der Waals surface area contributed by atoms with Gasteiger partial charge in [0.15, 0.2) is 0 Å². The fourth-order valence-electron chi connectivity index (χ4n) is 2.83. The molecule has 1 heterocycles. The summed E-state index contributed by atoms with van der Waals surface area (Å²) in [6.07, 6.45) is 6.72. The van der Waals surface area contributed by atoms with Crippen molar-refractivity contribution in [2.24, 2.45) is 11.8 Å². The minimum atomic E-state index is 0.167. The Hall–Kier alpha value is -0.610. The summed E-state index contributed by atoms with van der Waals surface area (Å²) in [5.41, 5.74) is 0. The van der Waals surface area contributed by atoms with Crippen molar-refractivity contribution in [3.63, 3.8) is 0 Å². The van der Waals surface area contributed by atoms with Gasteiger partial charge in [0.2, 0.25) is 5.91 Å². The van der Waals surface area contributed by atoms with Crippen molar-refractivity contribution in [2.75, 3.05) is 32.7 Å². The van der Waals surface area contributed by atoms with Crippen molar-refractivity contribution in [1.29, 1.82) is 0 Å². The van der Waals surface area contributed by atoms with Gasteiger partial charge in [0, 0.05) is 19.1 Å². The second kappa shape index (κ2) is 5.57. The monoisotopic (exact) mass is 251 g/mol. The van der Waals surface area contributed by atoms with Crippen LogP contribution in [0.25, 0.3) is 0 Å². The van der Waals surface area contributed by atoms with Gasteiger partial charge in [-0.25, -0.2) is 0 Å². The molecule has 0 aromatic carbocycles. The highest BCUT2D eigenvalue weighted by molar-refractivity contribution is 5.77. The molecule has 2 N–H and O–H groups in total. The van der Waals surface area contributed by atoms with E-state index in [1.54, 1.807) is 0 Å². The number of nitrogens with one attached hydrogen (secondary N) is 2. The minimum Gasteiger partial charge on any atom is -0.355 e. The topological polar surface area (TPSA) is 44.4 Å². The predicted molar refractivity (Wildman–Crippen MR) is 71.3 cm³/mol. The van der Waals surface area contributed by atoms with Crippen molar-refractivity contribution in [2.45, 2.75) is 38.1 Å². The van der Waals surface area contributed by atoms with Crippen LogP contribution in [0.1, 0.15) is 32.1 Å². The Kier molecular flexibility index (Phi) is 3.85. The molecule has 4 heteroatoms. The molecule has 3 rings (SSSR count). The van der Waals surface area contributed by atoms with Crippen LogP contribution >= 0.6 is 0 Å². The summed E-state index contributed by atoms with van der Waals surface area (Å²) in [5.74, 6) is 1.69. The van der Waals surface area contributed by atoms with Crippen LogP contribution in [0.3, 0.4) is 0 Å². The molecule has 4 nitrogen and oxygen atoms in total. The molecule has 102 valence electrons. The number of rotatable bonds is 7. The third kappa shape index (κ3) is 3.69. The molecule has 0 spiro atoms. The number of carbonyl (C=O) groups is 1. The lowest BCUT2D eigenvalue weighted by Crippen LogP contribution is -2.37. The molecule has 0 bridgehead atoms. The van der Waals surface area contributed by atoms with Crippen molar-refractivity contribution < 1.29 is 4.79 Å². The summed E-state index contributed by atoms with van der Waals surface area (Å²) in [7, 11) is 0. The molecular formula is C14H25N3O. The van der Waals surface area contributed by atoms with Crippen LogP contribution in [0.5, 0.6) is 0 Å². The van der Waals surface area contributed by atoms with Gasteiger partial charge in [-0.2, -0.15) is 0 Å². The highest BCUT2D eigenvalue weighted by atomic mass is 16.1. The SMILES string of the molecule is O=C(CNCC1CC1)NCC1CCN(C2CC2)C1. The van der Waals surface area contributed by atoms with Crippen molar-refractivity contribution in [3.05, 3.63) is 0 Å². The second-order valence-electron chi connectivity index (χ2n) is 6.26. The van der Waals surface area contributed by atoms with Crippen LogP contribution in [0.4, 0.5) is 0 Å². The standard InChI is InChI=1S/C14H25N3O/c18-14(9-15-7-11-1-2-11)16-8-12-5-6-17(10-12)13-3-4-13/h11-13,15H,1-10H2,(H,16,18). The Morgan fingerprint density at radius 2 is 1.89 bits per heavy atom. The van der Waals surface area contributed by atoms with Crippen LogP contribution in [0.2, 0.25) is 0 Å². The second-order valence-corrected chi connectivity index (χ2v) is 6.26. The molecule has 18 heavy (non-hydrogen) atoms. The van der Waals surface area contributed by atoms with Gasteiger partial charge in [0.25, 0.3) is 0 Å². The van der Waals surface area contributed by atoms with Crippen LogP contribution < -0.4 is 10.6 Å². The fourth-order valence-corrected chi connectivity index (χ4v) is 2.83. The first-order chi connectivity index (χ1) is 8.81. The number of hydrogen-bond donors (Lipinski definition) is 2. The van der Waals surface area contributed by atoms with Gasteiger partial charge in [-0.15, -0.1) is 0 Å². The zero-order chi connectivity index (χ0) is 12.4. The van der Waals surface area contributed by atoms with Gasteiger partial charge in [-0.1, -0.05) is 0 Å². The first kappa shape index (κ1) is 12.4. The Morgan fingerprint density at radius 3 is 2.61 bits per heavy atom. The Balaban J connectivity index is 1.25. The smallest absolute Gasteiger partial charge is 0.233 e. The number of amides is 1. The molecule has 2 saturated carbocycles. The lowest BCUT2D eigenvalue weighted by molar-refractivity contribution is -0.120. The maximum absolute atomic E-state index is 11.6. The summed E-state index contributed by atoms with van der Waals surface area (Å²) < 4.78 is 0. The number of likely N-dealkylation sites (tertiary alicyclic amines) is 1. The fraction of sp³-hybridized carbons (Fsp3) is 0.929. The first-order valence-corrected chi connectivity index (χ1v) is 7.52. The summed E-state index contributed by atoms with van der Waals surface area (Å²) in [4.78, 5) is 14.2. The van der Waals surface area contributed by atoms with E-state index in [9.17, 15) is 4.79 Å². The molecule has 1 atom stereocenters. The lowest BCUT2D eigenvalue weighted by atomic mass is 10.1. The van der Waals surface area contributed by atoms with Crippen LogP contribution in [-0.4, -0.2) is 49.6 Å². The van der Waals surface area contributed by atoms with E-state index in [1.165, 1.54) is 45.2 Å². The van der Waals surface area contributed by atoms with Crippen molar-refractivity contribution in [3.8, 4) is 0 Å². The lowest BCUT2D eigenvalue weighted by Gasteiger charge is -2.15. The molecule has 1 amide bonds. The maximum Gasteiger partial charge on any atom is 0.233 e. The van der Waals surface area contributed by atoms with E-state index in [1.807, 2.05) is 0 Å². The van der Waals surface area contributed by atoms with E-state index in [2.05, 4.69) is 15.5 Å². The highest BCUT2D eigenvalue weighted by Gasteiger charge is 2.34. The van der Waals surface area contributed by atoms with E-state index in [0.29, 0.717) is 12.5 Å². The third-order valence-corrected chi connectivity index (χ3v) is 4.38. The highest BCUT2D eigenvalue weighted by Crippen LogP contribution is 2.31. The normalized spacial score (nSPS) is 28.6. The van der Waals surface area contributed by atoms with E-state index in [0.717, 1.165) is 25.0 Å². The molecule has 3 fully saturated rings. The van der Waals surface area contributed by atoms with Gasteiger partial charge in [0.05, 0.1) is 6.54 Å². The third-order valence-electron chi connectivity index (χ3n) is 4.38. The number of carbonyl (C=O) groups excluding carboxylic acids is 1. The average molecular weight is 251 g/mol. The van der Waals surface area contributed by atoms with Gasteiger partial charge >= 0.3 is 0 Å². The molecule has 0 aromatic heterocycles. The van der Waals surface area contributed by atoms with Gasteiger partial charge in [-0.05, 0) is 57.0 Å². The van der Waals surface area contributed by atoms with E-state index in [4.69, 9.17) is 0 Å². The average Bonchev–Trinajstić information content (AvgIpc) is 3.28. The zero-order valence-corrected chi connectivity index (χ0v) is 11.2. The summed E-state index contributed by atoms with van der Waals surface area (Å²) in [6, 6.07) is 0.880. The van der Waals surface area contributed by atoms with Gasteiger partial charge in [0.1, 0.15) is 0 Å². The van der Waals surface area contributed by atoms with Crippen molar-refractivity contribution >= 4 is 5.91 Å².